The molecule has 2 fully saturated rings. The Hall–Kier alpha value is -1.20. The molecular formula is C14H22O5. The highest BCUT2D eigenvalue weighted by molar-refractivity contribution is 5.82. The van der Waals surface area contributed by atoms with Crippen molar-refractivity contribution in [3.8, 4) is 0 Å². The first-order chi connectivity index (χ1) is 9.22. The van der Waals surface area contributed by atoms with E-state index in [-0.39, 0.29) is 5.97 Å². The maximum Gasteiger partial charge on any atom is 0.330 e. The average Bonchev–Trinajstić information content (AvgIpc) is 2.42. The number of hydrogen-bond donors (Lipinski definition) is 0. The van der Waals surface area contributed by atoms with Crippen LogP contribution in [0.1, 0.15) is 32.6 Å². The largest absolute Gasteiger partial charge is 0.463 e. The highest BCUT2D eigenvalue weighted by Gasteiger charge is 2.07. The molecule has 0 aromatic carbocycles. The Bertz CT molecular complexity index is 306. The number of ketones is 1. The SMILES string of the molecule is CCOC(=O)C=C1CCOCC1.O=C1CCOCC1. The summed E-state index contributed by atoms with van der Waals surface area (Å²) in [5.41, 5.74) is 1.14. The van der Waals surface area contributed by atoms with Gasteiger partial charge in [-0.3, -0.25) is 4.79 Å². The first-order valence-corrected chi connectivity index (χ1v) is 6.75. The summed E-state index contributed by atoms with van der Waals surface area (Å²) < 4.78 is 14.9. The van der Waals surface area contributed by atoms with Crippen LogP contribution < -0.4 is 0 Å². The molecule has 2 rings (SSSR count). The molecule has 5 heteroatoms. The summed E-state index contributed by atoms with van der Waals surface area (Å²) in [6, 6.07) is 0. The van der Waals surface area contributed by atoms with E-state index >= 15 is 0 Å². The Labute approximate surface area is 113 Å². The van der Waals surface area contributed by atoms with Gasteiger partial charge in [0, 0.05) is 18.9 Å². The van der Waals surface area contributed by atoms with Gasteiger partial charge >= 0.3 is 5.97 Å². The molecule has 2 aliphatic heterocycles. The number of hydrogen-bond acceptors (Lipinski definition) is 5. The summed E-state index contributed by atoms with van der Waals surface area (Å²) in [4.78, 5) is 21.4. The van der Waals surface area contributed by atoms with Crippen molar-refractivity contribution in [3.63, 3.8) is 0 Å². The van der Waals surface area contributed by atoms with E-state index in [0.717, 1.165) is 31.6 Å². The van der Waals surface area contributed by atoms with Gasteiger partial charge in [0.1, 0.15) is 5.78 Å². The van der Waals surface area contributed by atoms with E-state index in [1.165, 1.54) is 0 Å². The lowest BCUT2D eigenvalue weighted by molar-refractivity contribution is -0.137. The van der Waals surface area contributed by atoms with Gasteiger partial charge in [0.05, 0.1) is 33.0 Å². The Morgan fingerprint density at radius 2 is 1.63 bits per heavy atom. The molecule has 5 nitrogen and oxygen atoms in total. The molecule has 0 aromatic heterocycles. The highest BCUT2D eigenvalue weighted by atomic mass is 16.5. The third-order valence-electron chi connectivity index (χ3n) is 2.79. The molecule has 2 aliphatic rings. The van der Waals surface area contributed by atoms with Gasteiger partial charge in [-0.05, 0) is 19.8 Å². The van der Waals surface area contributed by atoms with E-state index in [4.69, 9.17) is 14.2 Å². The lowest BCUT2D eigenvalue weighted by Gasteiger charge is -2.13. The molecule has 0 radical (unpaired) electrons. The van der Waals surface area contributed by atoms with Gasteiger partial charge in [-0.15, -0.1) is 0 Å². The zero-order chi connectivity index (χ0) is 13.9. The average molecular weight is 270 g/mol. The van der Waals surface area contributed by atoms with Crippen LogP contribution in [-0.2, 0) is 23.8 Å². The normalized spacial score (nSPS) is 19.2. The first-order valence-electron chi connectivity index (χ1n) is 6.75. The van der Waals surface area contributed by atoms with Gasteiger partial charge in [-0.2, -0.15) is 0 Å². The molecule has 0 bridgehead atoms. The lowest BCUT2D eigenvalue weighted by Crippen LogP contribution is -2.14. The molecule has 0 aromatic rings. The van der Waals surface area contributed by atoms with E-state index in [1.807, 2.05) is 0 Å². The van der Waals surface area contributed by atoms with Crippen molar-refractivity contribution in [2.75, 3.05) is 33.0 Å². The smallest absolute Gasteiger partial charge is 0.330 e. The summed E-state index contributed by atoms with van der Waals surface area (Å²) in [6.07, 6.45) is 4.56. The fourth-order valence-corrected chi connectivity index (χ4v) is 1.73. The standard InChI is InChI=1S/C9H14O3.C5H8O2/c1-2-12-9(10)7-8-3-5-11-6-4-8;6-5-1-3-7-4-2-5/h7H,2-6H2,1H3;1-4H2. The maximum absolute atomic E-state index is 11.0. The van der Waals surface area contributed by atoms with Crippen LogP contribution in [0.15, 0.2) is 11.6 Å². The van der Waals surface area contributed by atoms with Gasteiger partial charge < -0.3 is 14.2 Å². The monoisotopic (exact) mass is 270 g/mol. The van der Waals surface area contributed by atoms with Crippen molar-refractivity contribution in [2.24, 2.45) is 0 Å². The van der Waals surface area contributed by atoms with Crippen molar-refractivity contribution in [3.05, 3.63) is 11.6 Å². The Morgan fingerprint density at radius 1 is 1.11 bits per heavy atom. The zero-order valence-electron chi connectivity index (χ0n) is 11.5. The zero-order valence-corrected chi connectivity index (χ0v) is 11.5. The van der Waals surface area contributed by atoms with Crippen LogP contribution in [-0.4, -0.2) is 44.8 Å². The minimum atomic E-state index is -0.227. The number of esters is 1. The van der Waals surface area contributed by atoms with Crippen molar-refractivity contribution in [1.82, 2.24) is 0 Å². The molecule has 2 heterocycles. The van der Waals surface area contributed by atoms with Gasteiger partial charge in [0.2, 0.25) is 0 Å². The van der Waals surface area contributed by atoms with Crippen LogP contribution in [0.5, 0.6) is 0 Å². The molecule has 108 valence electrons. The van der Waals surface area contributed by atoms with Crippen LogP contribution in [0.4, 0.5) is 0 Å². The van der Waals surface area contributed by atoms with E-state index in [0.29, 0.717) is 38.4 Å². The third kappa shape index (κ3) is 7.74. The fourth-order valence-electron chi connectivity index (χ4n) is 1.73. The Balaban J connectivity index is 0.000000218. The van der Waals surface area contributed by atoms with Crippen LogP contribution in [0.25, 0.3) is 0 Å². The van der Waals surface area contributed by atoms with Crippen LogP contribution >= 0.6 is 0 Å². The van der Waals surface area contributed by atoms with Gasteiger partial charge in [-0.25, -0.2) is 4.79 Å². The van der Waals surface area contributed by atoms with Crippen molar-refractivity contribution < 1.29 is 23.8 Å². The minimum Gasteiger partial charge on any atom is -0.463 e. The molecule has 0 aliphatic carbocycles. The molecule has 19 heavy (non-hydrogen) atoms. The van der Waals surface area contributed by atoms with Gasteiger partial charge in [-0.1, -0.05) is 5.57 Å². The molecule has 0 unspecified atom stereocenters. The molecule has 2 saturated heterocycles. The summed E-state index contributed by atoms with van der Waals surface area (Å²) >= 11 is 0. The summed E-state index contributed by atoms with van der Waals surface area (Å²) in [7, 11) is 0. The quantitative estimate of drug-likeness (QED) is 0.564. The highest BCUT2D eigenvalue weighted by Crippen LogP contribution is 2.12. The maximum atomic E-state index is 11.0. The predicted molar refractivity (Wildman–Crippen MR) is 69.8 cm³/mol. The van der Waals surface area contributed by atoms with Gasteiger partial charge in [0.25, 0.3) is 0 Å². The minimum absolute atomic E-state index is 0.227. The van der Waals surface area contributed by atoms with Gasteiger partial charge in [0.15, 0.2) is 0 Å². The van der Waals surface area contributed by atoms with E-state index in [1.54, 1.807) is 13.0 Å². The summed E-state index contributed by atoms with van der Waals surface area (Å²) in [6.45, 7) is 4.98. The molecule has 0 atom stereocenters. The molecular weight excluding hydrogens is 248 g/mol. The van der Waals surface area contributed by atoms with Crippen LogP contribution in [0, 0.1) is 0 Å². The van der Waals surface area contributed by atoms with Crippen LogP contribution in [0.3, 0.4) is 0 Å². The first kappa shape index (κ1) is 15.9. The molecule has 0 N–H and O–H groups in total. The predicted octanol–water partition coefficient (Wildman–Crippen LogP) is 1.65. The summed E-state index contributed by atoms with van der Waals surface area (Å²) in [5.74, 6) is 0.112. The van der Waals surface area contributed by atoms with E-state index in [2.05, 4.69) is 0 Å². The number of Topliss-reactive ketones (excluding diaryl/α,β-unsaturated/α-hetero) is 1. The third-order valence-corrected chi connectivity index (χ3v) is 2.79. The summed E-state index contributed by atoms with van der Waals surface area (Å²) in [5, 5.41) is 0. The topological polar surface area (TPSA) is 61.8 Å². The molecule has 0 saturated carbocycles. The second-order valence-electron chi connectivity index (χ2n) is 4.32. The second-order valence-corrected chi connectivity index (χ2v) is 4.32. The Kier molecular flexibility index (Phi) is 8.09. The van der Waals surface area contributed by atoms with Crippen molar-refractivity contribution >= 4 is 11.8 Å². The molecule has 0 amide bonds. The number of carbonyl (C=O) groups excluding carboxylic acids is 2. The van der Waals surface area contributed by atoms with Crippen molar-refractivity contribution in [2.45, 2.75) is 32.6 Å². The second kappa shape index (κ2) is 9.69. The van der Waals surface area contributed by atoms with Crippen LogP contribution in [0.2, 0.25) is 0 Å². The Morgan fingerprint density at radius 3 is 2.05 bits per heavy atom. The number of rotatable bonds is 2. The number of carbonyl (C=O) groups is 2. The fraction of sp³-hybridized carbons (Fsp3) is 0.714. The number of ether oxygens (including phenoxy) is 3. The lowest BCUT2D eigenvalue weighted by atomic mass is 10.1. The van der Waals surface area contributed by atoms with Crippen molar-refractivity contribution in [1.29, 1.82) is 0 Å². The van der Waals surface area contributed by atoms with E-state index in [9.17, 15) is 9.59 Å². The molecule has 0 spiro atoms. The van der Waals surface area contributed by atoms with E-state index < -0.39 is 0 Å².